The second-order valence-electron chi connectivity index (χ2n) is 6.82. The van der Waals surface area contributed by atoms with Crippen LogP contribution in [-0.2, 0) is 22.6 Å². The number of aliphatic carboxylic acids is 1. The lowest BCUT2D eigenvalue weighted by Crippen LogP contribution is -2.31. The van der Waals surface area contributed by atoms with Crippen molar-refractivity contribution in [1.29, 1.82) is 0 Å². The van der Waals surface area contributed by atoms with Gasteiger partial charge in [-0.2, -0.15) is 0 Å². The Labute approximate surface area is 145 Å². The molecule has 0 spiro atoms. The third-order valence-corrected chi connectivity index (χ3v) is 5.08. The molecule has 2 aliphatic rings. The lowest BCUT2D eigenvalue weighted by atomic mass is 10.1. The van der Waals surface area contributed by atoms with E-state index in [4.69, 9.17) is 0 Å². The number of anilines is 1. The van der Waals surface area contributed by atoms with Crippen LogP contribution >= 0.6 is 0 Å². The summed E-state index contributed by atoms with van der Waals surface area (Å²) in [5.74, 6) is 0.304. The first-order valence-electron chi connectivity index (χ1n) is 8.67. The van der Waals surface area contributed by atoms with Crippen molar-refractivity contribution in [3.8, 4) is 11.4 Å². The number of carboxylic acid groups (broad SMARTS) is 1. The zero-order valence-electron chi connectivity index (χ0n) is 13.9. The molecule has 0 radical (unpaired) electrons. The number of benzene rings is 1. The van der Waals surface area contributed by atoms with Crippen LogP contribution in [-0.4, -0.2) is 31.7 Å². The van der Waals surface area contributed by atoms with Crippen LogP contribution in [0.15, 0.2) is 24.3 Å². The summed E-state index contributed by atoms with van der Waals surface area (Å²) in [6, 6.07) is 7.36. The van der Waals surface area contributed by atoms with Crippen LogP contribution in [0.2, 0.25) is 0 Å². The largest absolute Gasteiger partial charge is 0.480 e. The minimum atomic E-state index is -1.25. The molecule has 2 N–H and O–H groups in total. The second-order valence-corrected chi connectivity index (χ2v) is 6.82. The van der Waals surface area contributed by atoms with E-state index in [1.54, 1.807) is 6.07 Å². The number of aryl methyl sites for hydroxylation is 1. The van der Waals surface area contributed by atoms with Gasteiger partial charge in [-0.15, -0.1) is 10.2 Å². The zero-order valence-corrected chi connectivity index (χ0v) is 13.9. The Kier molecular flexibility index (Phi) is 3.78. The third kappa shape index (κ3) is 2.79. The van der Waals surface area contributed by atoms with Gasteiger partial charge in [-0.05, 0) is 37.8 Å². The molecular weight excluding hydrogens is 320 g/mol. The summed E-state index contributed by atoms with van der Waals surface area (Å²) in [5.41, 5.74) is 0.210. The fraction of sp³-hybridized carbons (Fsp3) is 0.444. The highest BCUT2D eigenvalue weighted by molar-refractivity contribution is 6.10. The lowest BCUT2D eigenvalue weighted by molar-refractivity contribution is -0.147. The molecule has 0 bridgehead atoms. The van der Waals surface area contributed by atoms with Crippen LogP contribution in [0.4, 0.5) is 5.69 Å². The second kappa shape index (κ2) is 5.98. The van der Waals surface area contributed by atoms with E-state index in [1.165, 1.54) is 6.42 Å². The van der Waals surface area contributed by atoms with Crippen molar-refractivity contribution in [3.63, 3.8) is 0 Å². The number of carboxylic acids is 1. The predicted octanol–water partition coefficient (Wildman–Crippen LogP) is 2.47. The maximum atomic E-state index is 12.3. The third-order valence-electron chi connectivity index (χ3n) is 5.08. The summed E-state index contributed by atoms with van der Waals surface area (Å²) >= 11 is 0. The Balaban J connectivity index is 1.59. The molecule has 0 saturated heterocycles. The predicted molar refractivity (Wildman–Crippen MR) is 90.9 cm³/mol. The molecule has 7 nitrogen and oxygen atoms in total. The molecule has 1 aliphatic heterocycles. The van der Waals surface area contributed by atoms with Gasteiger partial charge >= 0.3 is 5.97 Å². The van der Waals surface area contributed by atoms with Gasteiger partial charge in [0.1, 0.15) is 11.2 Å². The van der Waals surface area contributed by atoms with Gasteiger partial charge in [-0.25, -0.2) is 0 Å². The summed E-state index contributed by atoms with van der Waals surface area (Å²) < 4.78 is 2.15. The van der Waals surface area contributed by atoms with Crippen LogP contribution in [0, 0.1) is 5.41 Å². The molecule has 2 heterocycles. The highest BCUT2D eigenvalue weighted by Gasteiger charge is 2.57. The number of nitrogens with zero attached hydrogens (tertiary/aromatic N) is 3. The summed E-state index contributed by atoms with van der Waals surface area (Å²) in [7, 11) is 0. The number of rotatable bonds is 4. The molecule has 1 aromatic heterocycles. The van der Waals surface area contributed by atoms with Crippen molar-refractivity contribution in [1.82, 2.24) is 14.8 Å². The minimum Gasteiger partial charge on any atom is -0.480 e. The van der Waals surface area contributed by atoms with E-state index in [1.807, 2.05) is 18.2 Å². The van der Waals surface area contributed by atoms with Gasteiger partial charge in [-0.1, -0.05) is 18.6 Å². The van der Waals surface area contributed by atoms with E-state index < -0.39 is 17.3 Å². The van der Waals surface area contributed by atoms with E-state index in [0.29, 0.717) is 18.5 Å². The Morgan fingerprint density at radius 3 is 2.76 bits per heavy atom. The quantitative estimate of drug-likeness (QED) is 0.833. The topological polar surface area (TPSA) is 97.1 Å². The van der Waals surface area contributed by atoms with Crippen LogP contribution in [0.5, 0.6) is 0 Å². The number of fused-ring (bicyclic) bond motifs is 1. The average Bonchev–Trinajstić information content (AvgIpc) is 3.37. The highest BCUT2D eigenvalue weighted by Crippen LogP contribution is 2.46. The van der Waals surface area contributed by atoms with Crippen molar-refractivity contribution < 1.29 is 14.7 Å². The molecule has 0 unspecified atom stereocenters. The van der Waals surface area contributed by atoms with Gasteiger partial charge < -0.3 is 15.0 Å². The first-order valence-corrected chi connectivity index (χ1v) is 8.67. The van der Waals surface area contributed by atoms with Crippen molar-refractivity contribution >= 4 is 17.6 Å². The molecule has 4 rings (SSSR count). The lowest BCUT2D eigenvalue weighted by Gasteiger charge is -2.12. The van der Waals surface area contributed by atoms with Crippen molar-refractivity contribution in [2.24, 2.45) is 5.41 Å². The Hall–Kier alpha value is -2.70. The van der Waals surface area contributed by atoms with E-state index in [0.717, 1.165) is 43.0 Å². The van der Waals surface area contributed by atoms with Gasteiger partial charge in [0.2, 0.25) is 5.91 Å². The first kappa shape index (κ1) is 15.8. The van der Waals surface area contributed by atoms with Crippen LogP contribution in [0.3, 0.4) is 0 Å². The van der Waals surface area contributed by atoms with E-state index >= 15 is 0 Å². The molecule has 25 heavy (non-hydrogen) atoms. The minimum absolute atomic E-state index is 0.394. The van der Waals surface area contributed by atoms with Crippen molar-refractivity contribution in [3.05, 3.63) is 30.1 Å². The van der Waals surface area contributed by atoms with E-state index in [-0.39, 0.29) is 0 Å². The monoisotopic (exact) mass is 340 g/mol. The van der Waals surface area contributed by atoms with Gasteiger partial charge in [0.05, 0.1) is 0 Å². The maximum absolute atomic E-state index is 12.3. The number of carbonyl (C=O) groups excluding carboxylic acids is 1. The van der Waals surface area contributed by atoms with Crippen LogP contribution in [0.25, 0.3) is 11.4 Å². The highest BCUT2D eigenvalue weighted by atomic mass is 16.4. The average molecular weight is 340 g/mol. The molecule has 130 valence electrons. The molecule has 1 saturated carbocycles. The number of aromatic nitrogens is 3. The SMILES string of the molecule is O=C(O)C1(C(=O)Nc2cccc(-c3nnc4n3CCCCC4)c2)CC1. The standard InChI is InChI=1S/C18H20N4O3/c23-16(18(8-9-18)17(24)25)19-13-6-4-5-12(11-13)15-21-20-14-7-2-1-3-10-22(14)15/h4-6,11H,1-3,7-10H2,(H,19,23)(H,24,25). The van der Waals surface area contributed by atoms with Crippen LogP contribution in [0.1, 0.15) is 37.9 Å². The Morgan fingerprint density at radius 1 is 1.16 bits per heavy atom. The summed E-state index contributed by atoms with van der Waals surface area (Å²) in [5, 5.41) is 20.6. The molecule has 1 fully saturated rings. The molecule has 1 aliphatic carbocycles. The smallest absolute Gasteiger partial charge is 0.319 e. The fourth-order valence-electron chi connectivity index (χ4n) is 3.35. The fourth-order valence-corrected chi connectivity index (χ4v) is 3.35. The van der Waals surface area contributed by atoms with Crippen LogP contribution < -0.4 is 5.32 Å². The maximum Gasteiger partial charge on any atom is 0.319 e. The molecule has 7 heteroatoms. The Morgan fingerprint density at radius 2 is 2.00 bits per heavy atom. The number of hydrogen-bond donors (Lipinski definition) is 2. The summed E-state index contributed by atoms with van der Waals surface area (Å²) in [6.45, 7) is 0.899. The number of nitrogens with one attached hydrogen (secondary N) is 1. The zero-order chi connectivity index (χ0) is 17.4. The summed E-state index contributed by atoms with van der Waals surface area (Å²) in [6.07, 6.45) is 5.15. The first-order chi connectivity index (χ1) is 12.1. The van der Waals surface area contributed by atoms with E-state index in [2.05, 4.69) is 20.1 Å². The van der Waals surface area contributed by atoms with Crippen molar-refractivity contribution in [2.75, 3.05) is 5.32 Å². The van der Waals surface area contributed by atoms with Gasteiger partial charge in [0.15, 0.2) is 5.82 Å². The molecular formula is C18H20N4O3. The summed E-state index contributed by atoms with van der Waals surface area (Å²) in [4.78, 5) is 23.6. The number of hydrogen-bond acceptors (Lipinski definition) is 4. The number of amides is 1. The molecule has 1 amide bonds. The molecule has 0 atom stereocenters. The molecule has 2 aromatic rings. The van der Waals surface area contributed by atoms with Gasteiger partial charge in [0.25, 0.3) is 0 Å². The van der Waals surface area contributed by atoms with Gasteiger partial charge in [0, 0.05) is 24.2 Å². The van der Waals surface area contributed by atoms with Gasteiger partial charge in [-0.3, -0.25) is 9.59 Å². The Bertz CT molecular complexity index is 839. The van der Waals surface area contributed by atoms with Crippen molar-refractivity contribution in [2.45, 2.75) is 45.1 Å². The normalized spacial score (nSPS) is 18.1. The van der Waals surface area contributed by atoms with E-state index in [9.17, 15) is 14.7 Å². The number of carbonyl (C=O) groups is 2. The molecule has 1 aromatic carbocycles.